The van der Waals surface area contributed by atoms with Gasteiger partial charge in [-0.05, 0) is 26.0 Å². The Kier molecular flexibility index (Phi) is 7.49. The quantitative estimate of drug-likeness (QED) is 0.747. The lowest BCUT2D eigenvalue weighted by atomic mass is 10.0. The highest BCUT2D eigenvalue weighted by molar-refractivity contribution is 5.52. The highest BCUT2D eigenvalue weighted by atomic mass is 16.5. The van der Waals surface area contributed by atoms with Crippen molar-refractivity contribution in [1.29, 1.82) is 0 Å². The molecule has 116 valence electrons. The molecule has 0 aliphatic rings. The summed E-state index contributed by atoms with van der Waals surface area (Å²) in [5, 5.41) is 3.51. The van der Waals surface area contributed by atoms with Crippen LogP contribution < -0.4 is 19.5 Å². The van der Waals surface area contributed by atoms with E-state index in [0.29, 0.717) is 11.5 Å². The van der Waals surface area contributed by atoms with Crippen LogP contribution >= 0.6 is 0 Å². The number of hydrogen-bond acceptors (Lipinski definition) is 4. The Morgan fingerprint density at radius 1 is 1.05 bits per heavy atom. The molecule has 1 rings (SSSR count). The van der Waals surface area contributed by atoms with Crippen LogP contribution in [0.5, 0.6) is 17.2 Å². The summed E-state index contributed by atoms with van der Waals surface area (Å²) in [6.45, 7) is 4.91. The first-order chi connectivity index (χ1) is 10.2. The normalized spacial score (nSPS) is 11.3. The first kappa shape index (κ1) is 17.2. The monoisotopic (exact) mass is 291 g/mol. The van der Waals surface area contributed by atoms with E-state index in [4.69, 9.17) is 14.2 Å². The summed E-state index contributed by atoms with van der Waals surface area (Å²) in [5.74, 6) is 8.21. The van der Waals surface area contributed by atoms with Crippen molar-refractivity contribution < 1.29 is 14.2 Å². The Balaban J connectivity index is 3.22. The minimum Gasteiger partial charge on any atom is -0.496 e. The van der Waals surface area contributed by atoms with Gasteiger partial charge in [-0.3, -0.25) is 0 Å². The third-order valence-electron chi connectivity index (χ3n) is 3.24. The standard InChI is InChI=1S/C17H25NO3/c1-6-8-9-14(18-10-7-2)13-11-16(20-4)17(21-5)12-15(13)19-3/h11-12,14,18H,7,9-10H2,1-5H3. The predicted molar refractivity (Wildman–Crippen MR) is 85.2 cm³/mol. The van der Waals surface area contributed by atoms with Crippen molar-refractivity contribution in [3.05, 3.63) is 17.7 Å². The zero-order valence-electron chi connectivity index (χ0n) is 13.6. The average molecular weight is 291 g/mol. The highest BCUT2D eigenvalue weighted by Gasteiger charge is 2.19. The van der Waals surface area contributed by atoms with Crippen molar-refractivity contribution in [3.63, 3.8) is 0 Å². The SMILES string of the molecule is CC#CCC(NCCC)c1cc(OC)c(OC)cc1OC. The van der Waals surface area contributed by atoms with Crippen molar-refractivity contribution in [2.45, 2.75) is 32.7 Å². The molecule has 1 aromatic rings. The largest absolute Gasteiger partial charge is 0.496 e. The van der Waals surface area contributed by atoms with Crippen LogP contribution in [0, 0.1) is 11.8 Å². The molecule has 1 aromatic carbocycles. The number of ether oxygens (including phenoxy) is 3. The lowest BCUT2D eigenvalue weighted by Crippen LogP contribution is -2.22. The molecule has 0 amide bonds. The molecule has 0 spiro atoms. The molecule has 0 saturated carbocycles. The van der Waals surface area contributed by atoms with Gasteiger partial charge in [0.05, 0.1) is 21.3 Å². The zero-order valence-corrected chi connectivity index (χ0v) is 13.6. The lowest BCUT2D eigenvalue weighted by Gasteiger charge is -2.21. The Labute approximate surface area is 127 Å². The second-order valence-corrected chi connectivity index (χ2v) is 4.59. The maximum absolute atomic E-state index is 5.50. The van der Waals surface area contributed by atoms with Crippen molar-refractivity contribution in [2.24, 2.45) is 0 Å². The van der Waals surface area contributed by atoms with Crippen molar-refractivity contribution in [1.82, 2.24) is 5.32 Å². The first-order valence-electron chi connectivity index (χ1n) is 7.14. The third-order valence-corrected chi connectivity index (χ3v) is 3.24. The van der Waals surface area contributed by atoms with E-state index in [2.05, 4.69) is 24.1 Å². The van der Waals surface area contributed by atoms with Gasteiger partial charge in [0.25, 0.3) is 0 Å². The molecule has 0 aliphatic heterocycles. The van der Waals surface area contributed by atoms with Gasteiger partial charge >= 0.3 is 0 Å². The molecule has 0 aliphatic carbocycles. The third kappa shape index (κ3) is 4.57. The van der Waals surface area contributed by atoms with E-state index in [1.807, 2.05) is 19.1 Å². The lowest BCUT2D eigenvalue weighted by molar-refractivity contribution is 0.345. The fraction of sp³-hybridized carbons (Fsp3) is 0.529. The van der Waals surface area contributed by atoms with Crippen LogP contribution in [0.4, 0.5) is 0 Å². The molecule has 0 heterocycles. The van der Waals surface area contributed by atoms with Gasteiger partial charge in [0, 0.05) is 24.1 Å². The van der Waals surface area contributed by atoms with Crippen LogP contribution in [0.1, 0.15) is 38.3 Å². The van der Waals surface area contributed by atoms with Gasteiger partial charge in [-0.15, -0.1) is 11.8 Å². The van der Waals surface area contributed by atoms with E-state index in [1.54, 1.807) is 21.3 Å². The maximum Gasteiger partial charge on any atom is 0.164 e. The molecule has 0 bridgehead atoms. The van der Waals surface area contributed by atoms with Crippen molar-refractivity contribution in [2.75, 3.05) is 27.9 Å². The second kappa shape index (κ2) is 9.15. The minimum atomic E-state index is 0.104. The first-order valence-corrected chi connectivity index (χ1v) is 7.14. The molecule has 1 unspecified atom stereocenters. The molecule has 0 radical (unpaired) electrons. The zero-order chi connectivity index (χ0) is 15.7. The fourth-order valence-electron chi connectivity index (χ4n) is 2.14. The summed E-state index contributed by atoms with van der Waals surface area (Å²) in [6.07, 6.45) is 1.79. The summed E-state index contributed by atoms with van der Waals surface area (Å²) in [7, 11) is 4.91. The molecular weight excluding hydrogens is 266 g/mol. The van der Waals surface area contributed by atoms with Crippen molar-refractivity contribution in [3.8, 4) is 29.1 Å². The highest BCUT2D eigenvalue weighted by Crippen LogP contribution is 2.38. The molecule has 1 N–H and O–H groups in total. The van der Waals surface area contributed by atoms with Crippen LogP contribution in [0.25, 0.3) is 0 Å². The van der Waals surface area contributed by atoms with Crippen LogP contribution in [0.15, 0.2) is 12.1 Å². The van der Waals surface area contributed by atoms with E-state index in [-0.39, 0.29) is 6.04 Å². The van der Waals surface area contributed by atoms with E-state index in [9.17, 15) is 0 Å². The Hall–Kier alpha value is -1.86. The summed E-state index contributed by atoms with van der Waals surface area (Å²) in [6, 6.07) is 3.92. The second-order valence-electron chi connectivity index (χ2n) is 4.59. The van der Waals surface area contributed by atoms with E-state index in [1.165, 1.54) is 0 Å². The smallest absolute Gasteiger partial charge is 0.164 e. The van der Waals surface area contributed by atoms with Crippen LogP contribution in [-0.4, -0.2) is 27.9 Å². The molecule has 0 aromatic heterocycles. The Morgan fingerprint density at radius 3 is 2.19 bits per heavy atom. The van der Waals surface area contributed by atoms with Gasteiger partial charge in [0.15, 0.2) is 11.5 Å². The van der Waals surface area contributed by atoms with Gasteiger partial charge in [0.2, 0.25) is 0 Å². The van der Waals surface area contributed by atoms with Gasteiger partial charge in [-0.2, -0.15) is 0 Å². The van der Waals surface area contributed by atoms with E-state index in [0.717, 1.165) is 30.7 Å². The average Bonchev–Trinajstić information content (AvgIpc) is 2.53. The van der Waals surface area contributed by atoms with Crippen molar-refractivity contribution >= 4 is 0 Å². The van der Waals surface area contributed by atoms with E-state index >= 15 is 0 Å². The van der Waals surface area contributed by atoms with Crippen LogP contribution in [0.2, 0.25) is 0 Å². The molecular formula is C17H25NO3. The van der Waals surface area contributed by atoms with Crippen LogP contribution in [0.3, 0.4) is 0 Å². The van der Waals surface area contributed by atoms with E-state index < -0.39 is 0 Å². The number of hydrogen-bond donors (Lipinski definition) is 1. The summed E-state index contributed by atoms with van der Waals surface area (Å²) in [5.41, 5.74) is 1.03. The topological polar surface area (TPSA) is 39.7 Å². The predicted octanol–water partition coefficient (Wildman–Crippen LogP) is 3.17. The summed E-state index contributed by atoms with van der Waals surface area (Å²) < 4.78 is 16.2. The van der Waals surface area contributed by atoms with Gasteiger partial charge < -0.3 is 19.5 Å². The van der Waals surface area contributed by atoms with Gasteiger partial charge in [-0.1, -0.05) is 6.92 Å². The molecule has 0 fully saturated rings. The number of methoxy groups -OCH3 is 3. The van der Waals surface area contributed by atoms with Gasteiger partial charge in [-0.25, -0.2) is 0 Å². The van der Waals surface area contributed by atoms with Crippen LogP contribution in [-0.2, 0) is 0 Å². The number of nitrogens with one attached hydrogen (secondary N) is 1. The molecule has 21 heavy (non-hydrogen) atoms. The molecule has 1 atom stereocenters. The molecule has 4 heteroatoms. The summed E-state index contributed by atoms with van der Waals surface area (Å²) in [4.78, 5) is 0. The molecule has 0 saturated heterocycles. The summed E-state index contributed by atoms with van der Waals surface area (Å²) >= 11 is 0. The number of rotatable bonds is 8. The minimum absolute atomic E-state index is 0.104. The Morgan fingerprint density at radius 2 is 1.67 bits per heavy atom. The molecule has 4 nitrogen and oxygen atoms in total. The maximum atomic E-state index is 5.50. The van der Waals surface area contributed by atoms with Gasteiger partial charge in [0.1, 0.15) is 5.75 Å². The Bertz CT molecular complexity index is 503. The number of benzene rings is 1. The fourth-order valence-corrected chi connectivity index (χ4v) is 2.14.